The van der Waals surface area contributed by atoms with Gasteiger partial charge in [0.05, 0.1) is 0 Å². The molecular formula is C52H35N3O2. The molecule has 0 fully saturated rings. The summed E-state index contributed by atoms with van der Waals surface area (Å²) in [5, 5.41) is 2.24. The van der Waals surface area contributed by atoms with Crippen molar-refractivity contribution in [2.24, 2.45) is 0 Å². The SMILES string of the molecule is CC1(C)c2ccccc2-c2cc3c(cc21)Oc1ccc(-c2ccc(-c4nc(-c5ccccc5)nc(-c5ccc(-c6ccccc6)c6ccccc56)n4)cc2)cc1O3. The zero-order chi connectivity index (χ0) is 38.1. The van der Waals surface area contributed by atoms with E-state index in [2.05, 4.69) is 147 Å². The van der Waals surface area contributed by atoms with Crippen LogP contribution < -0.4 is 9.47 Å². The molecule has 2 heterocycles. The van der Waals surface area contributed by atoms with Gasteiger partial charge in [0.25, 0.3) is 0 Å². The minimum absolute atomic E-state index is 0.116. The van der Waals surface area contributed by atoms with Gasteiger partial charge in [-0.25, -0.2) is 15.0 Å². The van der Waals surface area contributed by atoms with Gasteiger partial charge >= 0.3 is 0 Å². The maximum atomic E-state index is 6.56. The molecule has 2 aliphatic rings. The fourth-order valence-electron chi connectivity index (χ4n) is 8.47. The molecule has 8 aromatic carbocycles. The number of benzene rings is 8. The lowest BCUT2D eigenvalue weighted by Gasteiger charge is -2.25. The molecule has 0 amide bonds. The molecule has 57 heavy (non-hydrogen) atoms. The monoisotopic (exact) mass is 733 g/mol. The van der Waals surface area contributed by atoms with E-state index in [0.717, 1.165) is 50.1 Å². The van der Waals surface area contributed by atoms with E-state index >= 15 is 0 Å². The van der Waals surface area contributed by atoms with Crippen molar-refractivity contribution < 1.29 is 9.47 Å². The first kappa shape index (κ1) is 33.0. The summed E-state index contributed by atoms with van der Waals surface area (Å²) in [5.41, 5.74) is 12.1. The minimum atomic E-state index is -0.116. The van der Waals surface area contributed by atoms with Crippen LogP contribution in [0, 0.1) is 0 Å². The first-order valence-electron chi connectivity index (χ1n) is 19.3. The largest absolute Gasteiger partial charge is 0.450 e. The van der Waals surface area contributed by atoms with E-state index in [1.807, 2.05) is 42.5 Å². The standard InChI is InChI=1S/C52H35N3O2/c1-52(2)43-20-12-11-19-40(43)42-30-47-48(31-44(42)52)56-45-28-25-36(29-46(45)57-47)32-21-23-35(24-22-32)50-53-49(34-15-7-4-8-16-34)54-51(55-50)41-27-26-37(33-13-5-3-6-14-33)38-17-9-10-18-39(38)41/h3-31H,1-2H3. The maximum Gasteiger partial charge on any atom is 0.170 e. The minimum Gasteiger partial charge on any atom is -0.450 e. The highest BCUT2D eigenvalue weighted by atomic mass is 16.6. The quantitative estimate of drug-likeness (QED) is 0.176. The summed E-state index contributed by atoms with van der Waals surface area (Å²) in [7, 11) is 0. The van der Waals surface area contributed by atoms with Crippen molar-refractivity contribution in [1.29, 1.82) is 0 Å². The molecule has 9 aromatic rings. The van der Waals surface area contributed by atoms with E-state index in [1.54, 1.807) is 0 Å². The molecule has 1 aromatic heterocycles. The number of nitrogens with zero attached hydrogens (tertiary/aromatic N) is 3. The lowest BCUT2D eigenvalue weighted by Crippen LogP contribution is -2.15. The highest BCUT2D eigenvalue weighted by molar-refractivity contribution is 6.04. The Labute approximate surface area is 330 Å². The number of fused-ring (bicyclic) bond motifs is 6. The predicted octanol–water partition coefficient (Wildman–Crippen LogP) is 13.6. The topological polar surface area (TPSA) is 57.1 Å². The van der Waals surface area contributed by atoms with Crippen LogP contribution in [0.15, 0.2) is 176 Å². The lowest BCUT2D eigenvalue weighted by atomic mass is 9.82. The van der Waals surface area contributed by atoms with Gasteiger partial charge < -0.3 is 9.47 Å². The highest BCUT2D eigenvalue weighted by Gasteiger charge is 2.37. The van der Waals surface area contributed by atoms with Gasteiger partial charge in [0.15, 0.2) is 40.5 Å². The zero-order valence-electron chi connectivity index (χ0n) is 31.4. The van der Waals surface area contributed by atoms with Crippen LogP contribution in [0.2, 0.25) is 0 Å². The van der Waals surface area contributed by atoms with Crippen LogP contribution in [-0.4, -0.2) is 15.0 Å². The summed E-state index contributed by atoms with van der Waals surface area (Å²) in [4.78, 5) is 15.2. The van der Waals surface area contributed by atoms with Crippen LogP contribution in [-0.2, 0) is 5.41 Å². The van der Waals surface area contributed by atoms with Gasteiger partial charge in [0.1, 0.15) is 0 Å². The van der Waals surface area contributed by atoms with E-state index in [4.69, 9.17) is 24.4 Å². The Morgan fingerprint density at radius 2 is 0.860 bits per heavy atom. The molecule has 0 N–H and O–H groups in total. The third kappa shape index (κ3) is 5.50. The summed E-state index contributed by atoms with van der Waals surface area (Å²) in [5.74, 6) is 4.72. The second-order valence-electron chi connectivity index (χ2n) is 15.2. The Balaban J connectivity index is 0.944. The van der Waals surface area contributed by atoms with Crippen LogP contribution in [0.4, 0.5) is 0 Å². The predicted molar refractivity (Wildman–Crippen MR) is 229 cm³/mol. The first-order valence-corrected chi connectivity index (χ1v) is 19.3. The van der Waals surface area contributed by atoms with Crippen molar-refractivity contribution in [1.82, 2.24) is 15.0 Å². The molecular weight excluding hydrogens is 699 g/mol. The van der Waals surface area contributed by atoms with Crippen LogP contribution >= 0.6 is 0 Å². The van der Waals surface area contributed by atoms with E-state index < -0.39 is 0 Å². The molecule has 5 nitrogen and oxygen atoms in total. The average molecular weight is 734 g/mol. The Morgan fingerprint density at radius 1 is 0.333 bits per heavy atom. The zero-order valence-corrected chi connectivity index (χ0v) is 31.4. The Hall–Kier alpha value is -7.37. The Morgan fingerprint density at radius 3 is 1.61 bits per heavy atom. The van der Waals surface area contributed by atoms with Crippen molar-refractivity contribution in [3.63, 3.8) is 0 Å². The average Bonchev–Trinajstić information content (AvgIpc) is 3.49. The molecule has 11 rings (SSSR count). The van der Waals surface area contributed by atoms with Crippen molar-refractivity contribution >= 4 is 10.8 Å². The molecule has 270 valence electrons. The summed E-state index contributed by atoms with van der Waals surface area (Å²) < 4.78 is 13.0. The fourth-order valence-corrected chi connectivity index (χ4v) is 8.47. The van der Waals surface area contributed by atoms with Crippen LogP contribution in [0.5, 0.6) is 23.0 Å². The van der Waals surface area contributed by atoms with E-state index in [0.29, 0.717) is 29.0 Å². The van der Waals surface area contributed by atoms with Gasteiger partial charge in [-0.15, -0.1) is 0 Å². The van der Waals surface area contributed by atoms with Crippen molar-refractivity contribution in [3.05, 3.63) is 187 Å². The Kier molecular flexibility index (Phi) is 7.45. The molecule has 0 spiro atoms. The summed E-state index contributed by atoms with van der Waals surface area (Å²) in [6.45, 7) is 4.54. The summed E-state index contributed by atoms with van der Waals surface area (Å²) in [6, 6.07) is 60.8. The molecule has 5 heteroatoms. The van der Waals surface area contributed by atoms with Crippen molar-refractivity contribution in [3.8, 4) is 90.5 Å². The van der Waals surface area contributed by atoms with Crippen LogP contribution in [0.1, 0.15) is 25.0 Å². The van der Waals surface area contributed by atoms with Gasteiger partial charge in [0, 0.05) is 22.1 Å². The molecule has 0 bridgehead atoms. The van der Waals surface area contributed by atoms with Gasteiger partial charge in [-0.05, 0) is 85.6 Å². The van der Waals surface area contributed by atoms with E-state index in [1.165, 1.54) is 33.4 Å². The van der Waals surface area contributed by atoms with Crippen LogP contribution in [0.25, 0.3) is 78.3 Å². The number of hydrogen-bond donors (Lipinski definition) is 0. The molecule has 1 aliphatic carbocycles. The van der Waals surface area contributed by atoms with Gasteiger partial charge in [-0.2, -0.15) is 0 Å². The fraction of sp³-hybridized carbons (Fsp3) is 0.0577. The number of aromatic nitrogens is 3. The summed E-state index contributed by atoms with van der Waals surface area (Å²) >= 11 is 0. The lowest BCUT2D eigenvalue weighted by molar-refractivity contribution is 0.359. The third-order valence-electron chi connectivity index (χ3n) is 11.4. The van der Waals surface area contributed by atoms with E-state index in [9.17, 15) is 0 Å². The second kappa shape index (κ2) is 12.9. The van der Waals surface area contributed by atoms with Crippen LogP contribution in [0.3, 0.4) is 0 Å². The normalized spacial score (nSPS) is 13.2. The second-order valence-corrected chi connectivity index (χ2v) is 15.2. The van der Waals surface area contributed by atoms with Gasteiger partial charge in [-0.3, -0.25) is 0 Å². The van der Waals surface area contributed by atoms with E-state index in [-0.39, 0.29) is 5.41 Å². The number of hydrogen-bond acceptors (Lipinski definition) is 5. The molecule has 0 saturated heterocycles. The maximum absolute atomic E-state index is 6.56. The Bertz CT molecular complexity index is 3030. The van der Waals surface area contributed by atoms with Gasteiger partial charge in [0.2, 0.25) is 0 Å². The molecule has 1 aliphatic heterocycles. The molecule has 0 saturated carbocycles. The smallest absolute Gasteiger partial charge is 0.170 e. The number of ether oxygens (including phenoxy) is 2. The van der Waals surface area contributed by atoms with Gasteiger partial charge in [-0.1, -0.05) is 159 Å². The van der Waals surface area contributed by atoms with Crippen molar-refractivity contribution in [2.75, 3.05) is 0 Å². The third-order valence-corrected chi connectivity index (χ3v) is 11.4. The first-order chi connectivity index (χ1) is 28.0. The highest BCUT2D eigenvalue weighted by Crippen LogP contribution is 2.55. The molecule has 0 radical (unpaired) electrons. The molecule has 0 atom stereocenters. The molecule has 0 unspecified atom stereocenters. The number of rotatable bonds is 5. The summed E-state index contributed by atoms with van der Waals surface area (Å²) in [6.07, 6.45) is 0. The van der Waals surface area contributed by atoms with Crippen molar-refractivity contribution in [2.45, 2.75) is 19.3 Å².